The summed E-state index contributed by atoms with van der Waals surface area (Å²) in [6.07, 6.45) is 0.886. The van der Waals surface area contributed by atoms with E-state index in [2.05, 4.69) is 50.0 Å². The number of benzene rings is 2. The molecule has 1 aliphatic rings. The van der Waals surface area contributed by atoms with Gasteiger partial charge in [0.15, 0.2) is 11.9 Å². The van der Waals surface area contributed by atoms with E-state index in [1.54, 1.807) is 0 Å². The number of aryl methyl sites for hydroxylation is 2. The summed E-state index contributed by atoms with van der Waals surface area (Å²) in [6, 6.07) is 13.9. The smallest absolute Gasteiger partial charge is 0.256 e. The third-order valence-corrected chi connectivity index (χ3v) is 6.44. The molecule has 0 saturated carbocycles. The van der Waals surface area contributed by atoms with Gasteiger partial charge in [0.1, 0.15) is 5.52 Å². The van der Waals surface area contributed by atoms with Gasteiger partial charge in [-0.2, -0.15) is 0 Å². The van der Waals surface area contributed by atoms with Gasteiger partial charge in [0, 0.05) is 23.6 Å². The van der Waals surface area contributed by atoms with E-state index in [0.717, 1.165) is 34.1 Å². The minimum Gasteiger partial charge on any atom is -0.431 e. The molecule has 1 amide bonds. The second kappa shape index (κ2) is 8.76. The number of hydrogen-bond acceptors (Lipinski definition) is 8. The van der Waals surface area contributed by atoms with Crippen molar-refractivity contribution in [3.63, 3.8) is 0 Å². The van der Waals surface area contributed by atoms with Crippen molar-refractivity contribution in [2.75, 3.05) is 11.1 Å². The van der Waals surface area contributed by atoms with Crippen LogP contribution in [0.3, 0.4) is 0 Å². The molecule has 2 atom stereocenters. The van der Waals surface area contributed by atoms with E-state index in [-0.39, 0.29) is 11.9 Å². The molecular formula is C23H24N6O2S. The van der Waals surface area contributed by atoms with Crippen molar-refractivity contribution in [1.29, 1.82) is 0 Å². The fraction of sp³-hybridized carbons (Fsp3) is 0.304. The number of fused-ring (bicyclic) bond motifs is 2. The highest BCUT2D eigenvalue weighted by Gasteiger charge is 2.27. The number of amides is 1. The molecule has 164 valence electrons. The summed E-state index contributed by atoms with van der Waals surface area (Å²) in [5.41, 5.74) is 4.63. The Morgan fingerprint density at radius 1 is 1.16 bits per heavy atom. The van der Waals surface area contributed by atoms with Crippen LogP contribution in [0.1, 0.15) is 24.6 Å². The van der Waals surface area contributed by atoms with Crippen LogP contribution in [-0.2, 0) is 11.2 Å². The molecule has 4 aromatic rings. The first kappa shape index (κ1) is 20.7. The van der Waals surface area contributed by atoms with Crippen LogP contribution < -0.4 is 16.0 Å². The Bertz CT molecular complexity index is 1260. The largest absolute Gasteiger partial charge is 0.431 e. The Balaban J connectivity index is 1.26. The second-order valence-corrected chi connectivity index (χ2v) is 8.78. The van der Waals surface area contributed by atoms with Crippen LogP contribution in [0.4, 0.5) is 5.95 Å². The van der Waals surface area contributed by atoms with Crippen molar-refractivity contribution >= 4 is 45.6 Å². The molecule has 9 heteroatoms. The molecule has 32 heavy (non-hydrogen) atoms. The summed E-state index contributed by atoms with van der Waals surface area (Å²) in [5.74, 6) is 1.09. The second-order valence-electron chi connectivity index (χ2n) is 7.81. The maximum atomic E-state index is 12.3. The quantitative estimate of drug-likeness (QED) is 0.384. The van der Waals surface area contributed by atoms with E-state index in [9.17, 15) is 4.79 Å². The van der Waals surface area contributed by atoms with E-state index in [0.29, 0.717) is 23.3 Å². The molecule has 2 aromatic heterocycles. The van der Waals surface area contributed by atoms with Gasteiger partial charge in [-0.05, 0) is 43.2 Å². The molecule has 5 rings (SSSR count). The highest BCUT2D eigenvalue weighted by atomic mass is 32.2. The van der Waals surface area contributed by atoms with Gasteiger partial charge in [-0.3, -0.25) is 10.1 Å². The topological polar surface area (TPSA) is 105 Å². The number of aromatic nitrogens is 3. The average molecular weight is 449 g/mol. The van der Waals surface area contributed by atoms with Crippen molar-refractivity contribution in [2.45, 2.75) is 44.2 Å². The zero-order valence-corrected chi connectivity index (χ0v) is 18.7. The minimum absolute atomic E-state index is 0.0329. The van der Waals surface area contributed by atoms with Gasteiger partial charge in [-0.1, -0.05) is 36.9 Å². The molecule has 1 aliphatic heterocycles. The first-order chi connectivity index (χ1) is 15.6. The Labute approximate surface area is 189 Å². The lowest BCUT2D eigenvalue weighted by Crippen LogP contribution is -2.60. The van der Waals surface area contributed by atoms with Gasteiger partial charge in [0.25, 0.3) is 5.22 Å². The third-order valence-electron chi connectivity index (χ3n) is 5.45. The summed E-state index contributed by atoms with van der Waals surface area (Å²) >= 11 is 1.49. The highest BCUT2D eigenvalue weighted by molar-refractivity contribution is 7.99. The van der Waals surface area contributed by atoms with Gasteiger partial charge in [-0.25, -0.2) is 15.0 Å². The van der Waals surface area contributed by atoms with Crippen LogP contribution in [0.2, 0.25) is 0 Å². The van der Waals surface area contributed by atoms with Crippen molar-refractivity contribution in [3.8, 4) is 0 Å². The Morgan fingerprint density at radius 2 is 2.03 bits per heavy atom. The summed E-state index contributed by atoms with van der Waals surface area (Å²) < 4.78 is 5.77. The van der Waals surface area contributed by atoms with Gasteiger partial charge in [-0.15, -0.1) is 0 Å². The van der Waals surface area contributed by atoms with E-state index < -0.39 is 6.29 Å². The molecule has 2 aromatic carbocycles. The molecule has 3 heterocycles. The lowest BCUT2D eigenvalue weighted by atomic mass is 10.1. The molecule has 1 fully saturated rings. The fourth-order valence-electron chi connectivity index (χ4n) is 3.79. The maximum absolute atomic E-state index is 12.3. The molecule has 0 bridgehead atoms. The summed E-state index contributed by atoms with van der Waals surface area (Å²) in [6.45, 7) is 4.10. The number of hydrogen-bond donors (Lipinski definition) is 3. The molecular weight excluding hydrogens is 424 g/mol. The molecule has 2 unspecified atom stereocenters. The SMILES string of the molecule is CCc1ccc2nc(NC3NC(=O)CC(CSc4nc5ccccc5o4)N3)nc(C)c2c1. The first-order valence-corrected chi connectivity index (χ1v) is 11.6. The molecule has 0 radical (unpaired) electrons. The first-order valence-electron chi connectivity index (χ1n) is 10.6. The molecule has 8 nitrogen and oxygen atoms in total. The predicted octanol–water partition coefficient (Wildman–Crippen LogP) is 3.61. The number of nitrogens with one attached hydrogen (secondary N) is 3. The molecule has 3 N–H and O–H groups in total. The number of anilines is 1. The van der Waals surface area contributed by atoms with E-state index in [4.69, 9.17) is 4.42 Å². The lowest BCUT2D eigenvalue weighted by molar-refractivity contribution is -0.123. The fourth-order valence-corrected chi connectivity index (χ4v) is 4.66. The van der Waals surface area contributed by atoms with Crippen molar-refractivity contribution in [2.24, 2.45) is 0 Å². The van der Waals surface area contributed by atoms with Crippen LogP contribution in [0.15, 0.2) is 52.1 Å². The average Bonchev–Trinajstić information content (AvgIpc) is 3.20. The summed E-state index contributed by atoms with van der Waals surface area (Å²) in [7, 11) is 0. The van der Waals surface area contributed by atoms with Gasteiger partial charge in [0.05, 0.1) is 11.2 Å². The van der Waals surface area contributed by atoms with E-state index in [1.807, 2.05) is 37.3 Å². The number of carbonyl (C=O) groups is 1. The third kappa shape index (κ3) is 4.39. The zero-order valence-electron chi connectivity index (χ0n) is 17.9. The van der Waals surface area contributed by atoms with Gasteiger partial charge >= 0.3 is 0 Å². The van der Waals surface area contributed by atoms with Gasteiger partial charge < -0.3 is 15.1 Å². The van der Waals surface area contributed by atoms with E-state index in [1.165, 1.54) is 17.3 Å². The highest BCUT2D eigenvalue weighted by Crippen LogP contribution is 2.25. The van der Waals surface area contributed by atoms with Crippen molar-refractivity contribution < 1.29 is 9.21 Å². The normalized spacial score (nSPS) is 18.8. The Kier molecular flexibility index (Phi) is 5.67. The van der Waals surface area contributed by atoms with Gasteiger partial charge in [0.2, 0.25) is 11.9 Å². The Morgan fingerprint density at radius 3 is 2.88 bits per heavy atom. The summed E-state index contributed by atoms with van der Waals surface area (Å²) in [5, 5.41) is 11.2. The standard InChI is InChI=1S/C23H24N6O2S/c1-3-14-8-9-17-16(10-14)13(2)24-21(26-17)29-22-25-15(11-20(30)28-22)12-32-23-27-18-6-4-5-7-19(18)31-23/h4-10,15,22,25H,3,11-12H2,1-2H3,(H,28,30)(H,24,26,29). The van der Waals surface area contributed by atoms with Crippen LogP contribution >= 0.6 is 11.8 Å². The number of thioether (sulfide) groups is 1. The van der Waals surface area contributed by atoms with Crippen molar-refractivity contribution in [3.05, 3.63) is 53.7 Å². The monoisotopic (exact) mass is 448 g/mol. The van der Waals surface area contributed by atoms with Crippen molar-refractivity contribution in [1.82, 2.24) is 25.6 Å². The lowest BCUT2D eigenvalue weighted by Gasteiger charge is -2.31. The Hall–Kier alpha value is -3.17. The molecule has 1 saturated heterocycles. The van der Waals surface area contributed by atoms with Crippen LogP contribution in [0.5, 0.6) is 0 Å². The predicted molar refractivity (Wildman–Crippen MR) is 125 cm³/mol. The minimum atomic E-state index is -0.461. The number of nitrogens with zero attached hydrogens (tertiary/aromatic N) is 3. The van der Waals surface area contributed by atoms with E-state index >= 15 is 0 Å². The maximum Gasteiger partial charge on any atom is 0.256 e. The number of oxazole rings is 1. The number of rotatable bonds is 6. The number of carbonyl (C=O) groups excluding carboxylic acids is 1. The van der Waals surface area contributed by atoms with Crippen LogP contribution in [0, 0.1) is 6.92 Å². The summed E-state index contributed by atoms with van der Waals surface area (Å²) in [4.78, 5) is 26.0. The van der Waals surface area contributed by atoms with Crippen LogP contribution in [0.25, 0.3) is 22.0 Å². The molecule has 0 aliphatic carbocycles. The number of para-hydroxylation sites is 2. The molecule has 0 spiro atoms. The van der Waals surface area contributed by atoms with Crippen LogP contribution in [-0.4, -0.2) is 38.9 Å². The zero-order chi connectivity index (χ0) is 22.1.